The molecule has 0 heterocycles. The van der Waals surface area contributed by atoms with Crippen LogP contribution in [0.3, 0.4) is 0 Å². The number of fused-ring (bicyclic) bond motifs is 2. The minimum atomic E-state index is -0.0466. The molecule has 0 aromatic heterocycles. The number of nitrogens with one attached hydrogen (secondary N) is 2. The van der Waals surface area contributed by atoms with Crippen LogP contribution in [0.25, 0.3) is 21.5 Å². The maximum Gasteiger partial charge on any atom is 0.251 e. The van der Waals surface area contributed by atoms with Crippen molar-refractivity contribution in [2.75, 3.05) is 25.4 Å². The molecule has 5 rings (SSSR count). The third kappa shape index (κ3) is 7.68. The molecule has 0 aliphatic carbocycles. The van der Waals surface area contributed by atoms with Crippen LogP contribution in [0.2, 0.25) is 0 Å². The lowest BCUT2D eigenvalue weighted by atomic mass is 10.0. The standard InChI is InChI=1S/C35H34N2O3S/c1-25(38)36-19-17-28-11-5-9-26-13-15-31(23-33(26)28)40-21-22-41-32-16-14-27-10-6-12-29(34(27)24-32)18-20-37-35(39)30-7-3-2-4-8-30/h2-16,23-24H,17-22H2,1H3,(H,36,38)(H,37,39). The van der Waals surface area contributed by atoms with Gasteiger partial charge < -0.3 is 15.4 Å². The first-order valence-corrected chi connectivity index (χ1v) is 14.9. The van der Waals surface area contributed by atoms with E-state index in [0.717, 1.165) is 29.7 Å². The first-order chi connectivity index (χ1) is 20.1. The second-order valence-corrected chi connectivity index (χ2v) is 11.1. The lowest BCUT2D eigenvalue weighted by molar-refractivity contribution is -0.118. The molecule has 5 aromatic carbocycles. The highest BCUT2D eigenvalue weighted by molar-refractivity contribution is 7.99. The summed E-state index contributed by atoms with van der Waals surface area (Å²) in [5.41, 5.74) is 3.10. The van der Waals surface area contributed by atoms with Gasteiger partial charge in [0, 0.05) is 36.2 Å². The predicted octanol–water partition coefficient (Wildman–Crippen LogP) is 6.82. The fraction of sp³-hybridized carbons (Fsp3) is 0.200. The molecule has 0 saturated carbocycles. The zero-order chi connectivity index (χ0) is 28.4. The molecule has 0 aliphatic heterocycles. The number of amides is 2. The van der Waals surface area contributed by atoms with E-state index < -0.39 is 0 Å². The van der Waals surface area contributed by atoms with E-state index in [-0.39, 0.29) is 11.8 Å². The molecule has 0 atom stereocenters. The molecule has 0 aliphatic rings. The van der Waals surface area contributed by atoms with Crippen molar-refractivity contribution < 1.29 is 14.3 Å². The summed E-state index contributed by atoms with van der Waals surface area (Å²) in [6.45, 7) is 3.33. The highest BCUT2D eigenvalue weighted by atomic mass is 32.2. The molecule has 0 saturated heterocycles. The Hall–Kier alpha value is -4.29. The van der Waals surface area contributed by atoms with E-state index in [1.807, 2.05) is 36.4 Å². The van der Waals surface area contributed by atoms with Crippen molar-refractivity contribution in [3.8, 4) is 5.75 Å². The van der Waals surface area contributed by atoms with Crippen LogP contribution < -0.4 is 15.4 Å². The lowest BCUT2D eigenvalue weighted by Crippen LogP contribution is -2.25. The average molecular weight is 563 g/mol. The van der Waals surface area contributed by atoms with Crippen LogP contribution >= 0.6 is 11.8 Å². The Morgan fingerprint density at radius 3 is 2.07 bits per heavy atom. The SMILES string of the molecule is CC(=O)NCCc1cccc2ccc(OCCSc3ccc4cccc(CCNC(=O)c5ccccc5)c4c3)cc12. The van der Waals surface area contributed by atoms with Crippen molar-refractivity contribution in [1.29, 1.82) is 0 Å². The van der Waals surface area contributed by atoms with E-state index in [0.29, 0.717) is 25.3 Å². The maximum atomic E-state index is 12.4. The second-order valence-electron chi connectivity index (χ2n) is 9.90. The summed E-state index contributed by atoms with van der Waals surface area (Å²) < 4.78 is 6.13. The number of thioether (sulfide) groups is 1. The molecule has 208 valence electrons. The molecule has 0 fully saturated rings. The van der Waals surface area contributed by atoms with Crippen LogP contribution in [0, 0.1) is 0 Å². The molecule has 6 heteroatoms. The number of ether oxygens (including phenoxy) is 1. The predicted molar refractivity (Wildman–Crippen MR) is 169 cm³/mol. The number of carbonyl (C=O) groups is 2. The van der Waals surface area contributed by atoms with Crippen molar-refractivity contribution in [3.63, 3.8) is 0 Å². The van der Waals surface area contributed by atoms with Crippen molar-refractivity contribution in [2.24, 2.45) is 0 Å². The van der Waals surface area contributed by atoms with Gasteiger partial charge in [-0.25, -0.2) is 0 Å². The van der Waals surface area contributed by atoms with Gasteiger partial charge in [0.05, 0.1) is 6.61 Å². The lowest BCUT2D eigenvalue weighted by Gasteiger charge is -2.12. The minimum absolute atomic E-state index is 0.0123. The Labute approximate surface area is 245 Å². The first-order valence-electron chi connectivity index (χ1n) is 13.9. The molecular formula is C35H34N2O3S. The largest absolute Gasteiger partial charge is 0.493 e. The number of carbonyl (C=O) groups excluding carboxylic acids is 2. The van der Waals surface area contributed by atoms with Crippen LogP contribution in [-0.4, -0.2) is 37.3 Å². The molecule has 2 N–H and O–H groups in total. The fourth-order valence-corrected chi connectivity index (χ4v) is 5.71. The van der Waals surface area contributed by atoms with Gasteiger partial charge in [0.2, 0.25) is 5.91 Å². The summed E-state index contributed by atoms with van der Waals surface area (Å²) in [5.74, 6) is 1.61. The summed E-state index contributed by atoms with van der Waals surface area (Å²) >= 11 is 1.77. The Bertz CT molecular complexity index is 1650. The van der Waals surface area contributed by atoms with Gasteiger partial charge in [-0.1, -0.05) is 66.7 Å². The Kier molecular flexibility index (Phi) is 9.55. The van der Waals surface area contributed by atoms with Crippen LogP contribution in [-0.2, 0) is 17.6 Å². The molecule has 0 bridgehead atoms. The van der Waals surface area contributed by atoms with Crippen molar-refractivity contribution in [2.45, 2.75) is 24.7 Å². The monoisotopic (exact) mass is 562 g/mol. The molecule has 5 nitrogen and oxygen atoms in total. The smallest absolute Gasteiger partial charge is 0.251 e. The molecular weight excluding hydrogens is 528 g/mol. The van der Waals surface area contributed by atoms with Gasteiger partial charge in [0.15, 0.2) is 0 Å². The third-order valence-corrected chi connectivity index (χ3v) is 7.95. The molecule has 2 amide bonds. The number of hydrogen-bond donors (Lipinski definition) is 2. The van der Waals surface area contributed by atoms with Gasteiger partial charge in [-0.2, -0.15) is 0 Å². The summed E-state index contributed by atoms with van der Waals surface area (Å²) in [6.07, 6.45) is 1.54. The fourth-order valence-electron chi connectivity index (χ4n) is 4.94. The summed E-state index contributed by atoms with van der Waals surface area (Å²) in [5, 5.41) is 10.6. The molecule has 41 heavy (non-hydrogen) atoms. The third-order valence-electron chi connectivity index (χ3n) is 6.99. The van der Waals surface area contributed by atoms with E-state index >= 15 is 0 Å². The Morgan fingerprint density at radius 1 is 0.707 bits per heavy atom. The van der Waals surface area contributed by atoms with Gasteiger partial charge in [0.1, 0.15) is 5.75 Å². The quantitative estimate of drug-likeness (QED) is 0.129. The maximum absolute atomic E-state index is 12.4. The second kappa shape index (κ2) is 13.9. The molecule has 0 unspecified atom stereocenters. The van der Waals surface area contributed by atoms with Gasteiger partial charge in [-0.05, 0) is 81.9 Å². The Morgan fingerprint density at radius 2 is 1.37 bits per heavy atom. The van der Waals surface area contributed by atoms with Crippen molar-refractivity contribution in [3.05, 3.63) is 120 Å². The van der Waals surface area contributed by atoms with Crippen molar-refractivity contribution in [1.82, 2.24) is 10.6 Å². The van der Waals surface area contributed by atoms with E-state index in [1.165, 1.54) is 32.2 Å². The van der Waals surface area contributed by atoms with Gasteiger partial charge in [-0.3, -0.25) is 9.59 Å². The highest BCUT2D eigenvalue weighted by Gasteiger charge is 2.08. The highest BCUT2D eigenvalue weighted by Crippen LogP contribution is 2.28. The molecule has 0 spiro atoms. The molecule has 0 radical (unpaired) electrons. The van der Waals surface area contributed by atoms with E-state index in [2.05, 4.69) is 77.4 Å². The van der Waals surface area contributed by atoms with Crippen LogP contribution in [0.4, 0.5) is 0 Å². The average Bonchev–Trinajstić information content (AvgIpc) is 3.00. The van der Waals surface area contributed by atoms with Crippen LogP contribution in [0.1, 0.15) is 28.4 Å². The van der Waals surface area contributed by atoms with Gasteiger partial charge in [-0.15, -0.1) is 11.8 Å². The van der Waals surface area contributed by atoms with Crippen LogP contribution in [0.5, 0.6) is 5.75 Å². The Balaban J connectivity index is 1.16. The normalized spacial score (nSPS) is 11.0. The summed E-state index contributed by atoms with van der Waals surface area (Å²) in [7, 11) is 0. The minimum Gasteiger partial charge on any atom is -0.493 e. The number of rotatable bonds is 12. The zero-order valence-electron chi connectivity index (χ0n) is 23.2. The van der Waals surface area contributed by atoms with E-state index in [9.17, 15) is 9.59 Å². The topological polar surface area (TPSA) is 67.4 Å². The molecule has 5 aromatic rings. The number of hydrogen-bond acceptors (Lipinski definition) is 4. The first kappa shape index (κ1) is 28.2. The van der Waals surface area contributed by atoms with Crippen LogP contribution in [0.15, 0.2) is 108 Å². The van der Waals surface area contributed by atoms with E-state index in [4.69, 9.17) is 4.74 Å². The summed E-state index contributed by atoms with van der Waals surface area (Å²) in [4.78, 5) is 24.8. The van der Waals surface area contributed by atoms with Gasteiger partial charge >= 0.3 is 0 Å². The van der Waals surface area contributed by atoms with E-state index in [1.54, 1.807) is 18.7 Å². The summed E-state index contributed by atoms with van der Waals surface area (Å²) in [6, 6.07) is 34.7. The van der Waals surface area contributed by atoms with Crippen molar-refractivity contribution >= 4 is 45.1 Å². The zero-order valence-corrected chi connectivity index (χ0v) is 24.0. The van der Waals surface area contributed by atoms with Gasteiger partial charge in [0.25, 0.3) is 5.91 Å². The number of benzene rings is 5.